The molecule has 0 aliphatic carbocycles. The average Bonchev–Trinajstić information content (AvgIpc) is 3.03. The maximum absolute atomic E-state index is 6.27. The van der Waals surface area contributed by atoms with Gasteiger partial charge in [-0.15, -0.1) is 11.8 Å². The lowest BCUT2D eigenvalue weighted by Gasteiger charge is -2.10. The summed E-state index contributed by atoms with van der Waals surface area (Å²) < 4.78 is 1.72. The third kappa shape index (κ3) is 3.43. The minimum absolute atomic E-state index is 0.518. The Morgan fingerprint density at radius 1 is 1.05 bits per heavy atom. The molecule has 0 aliphatic rings. The standard InChI is InChI=1S/C16H12Cl2N2S/c17-14-9-13(21-11-12-5-2-1-3-6-12)10-15(16(14)18)20-8-4-7-19-20/h1-10H,11H2. The number of benzene rings is 2. The Balaban J connectivity index is 1.86. The Morgan fingerprint density at radius 2 is 1.86 bits per heavy atom. The Bertz CT molecular complexity index is 728. The van der Waals surface area contributed by atoms with Crippen molar-refractivity contribution in [1.82, 2.24) is 9.78 Å². The minimum atomic E-state index is 0.518. The topological polar surface area (TPSA) is 17.8 Å². The number of aromatic nitrogens is 2. The monoisotopic (exact) mass is 334 g/mol. The zero-order valence-corrected chi connectivity index (χ0v) is 13.4. The van der Waals surface area contributed by atoms with Crippen LogP contribution >= 0.6 is 35.0 Å². The highest BCUT2D eigenvalue weighted by molar-refractivity contribution is 7.98. The Labute approximate surface area is 137 Å². The van der Waals surface area contributed by atoms with Crippen molar-refractivity contribution in [2.24, 2.45) is 0 Å². The SMILES string of the molecule is Clc1cc(SCc2ccccc2)cc(-n2cccn2)c1Cl. The first kappa shape index (κ1) is 14.5. The van der Waals surface area contributed by atoms with Crippen LogP contribution in [0, 0.1) is 0 Å². The summed E-state index contributed by atoms with van der Waals surface area (Å²) in [6.07, 6.45) is 3.57. The predicted octanol–water partition coefficient (Wildman–Crippen LogP) is 5.47. The van der Waals surface area contributed by atoms with Crippen molar-refractivity contribution < 1.29 is 0 Å². The van der Waals surface area contributed by atoms with E-state index in [1.54, 1.807) is 22.6 Å². The number of rotatable bonds is 4. The zero-order valence-electron chi connectivity index (χ0n) is 11.0. The summed E-state index contributed by atoms with van der Waals surface area (Å²) in [5.41, 5.74) is 2.07. The van der Waals surface area contributed by atoms with E-state index < -0.39 is 0 Å². The molecule has 21 heavy (non-hydrogen) atoms. The van der Waals surface area contributed by atoms with Gasteiger partial charge in [0.25, 0.3) is 0 Å². The first-order chi connectivity index (χ1) is 10.2. The fourth-order valence-electron chi connectivity index (χ4n) is 1.95. The van der Waals surface area contributed by atoms with Gasteiger partial charge in [-0.3, -0.25) is 0 Å². The molecule has 0 aliphatic heterocycles. The van der Waals surface area contributed by atoms with Crippen LogP contribution in [0.15, 0.2) is 65.8 Å². The molecule has 0 fully saturated rings. The lowest BCUT2D eigenvalue weighted by atomic mass is 10.2. The van der Waals surface area contributed by atoms with Gasteiger partial charge in [-0.25, -0.2) is 4.68 Å². The van der Waals surface area contributed by atoms with Gasteiger partial charge >= 0.3 is 0 Å². The number of hydrogen-bond acceptors (Lipinski definition) is 2. The van der Waals surface area contributed by atoms with Crippen molar-refractivity contribution >= 4 is 35.0 Å². The van der Waals surface area contributed by atoms with Crippen LogP contribution in [-0.2, 0) is 5.75 Å². The highest BCUT2D eigenvalue weighted by Crippen LogP contribution is 2.34. The van der Waals surface area contributed by atoms with Crippen LogP contribution in [-0.4, -0.2) is 9.78 Å². The molecule has 5 heteroatoms. The molecule has 1 aromatic heterocycles. The van der Waals surface area contributed by atoms with Crippen LogP contribution in [0.5, 0.6) is 0 Å². The molecule has 1 heterocycles. The summed E-state index contributed by atoms with van der Waals surface area (Å²) in [5, 5.41) is 5.27. The fraction of sp³-hybridized carbons (Fsp3) is 0.0625. The van der Waals surface area contributed by atoms with E-state index in [1.165, 1.54) is 5.56 Å². The van der Waals surface area contributed by atoms with Crippen molar-refractivity contribution in [2.45, 2.75) is 10.6 Å². The summed E-state index contributed by atoms with van der Waals surface area (Å²) in [7, 11) is 0. The van der Waals surface area contributed by atoms with Crippen LogP contribution in [0.1, 0.15) is 5.56 Å². The molecule has 106 valence electrons. The van der Waals surface area contributed by atoms with Gasteiger partial charge in [0.2, 0.25) is 0 Å². The summed E-state index contributed by atoms with van der Waals surface area (Å²) in [6, 6.07) is 16.1. The molecule has 0 radical (unpaired) electrons. The average molecular weight is 335 g/mol. The second-order valence-electron chi connectivity index (χ2n) is 4.46. The van der Waals surface area contributed by atoms with Gasteiger partial charge in [0.15, 0.2) is 0 Å². The van der Waals surface area contributed by atoms with Crippen molar-refractivity contribution in [3.8, 4) is 5.69 Å². The molecule has 0 bridgehead atoms. The second kappa shape index (κ2) is 6.56. The van der Waals surface area contributed by atoms with Crippen LogP contribution < -0.4 is 0 Å². The largest absolute Gasteiger partial charge is 0.239 e. The third-order valence-corrected chi connectivity index (χ3v) is 4.82. The maximum atomic E-state index is 6.27. The van der Waals surface area contributed by atoms with Gasteiger partial charge in [0, 0.05) is 23.0 Å². The second-order valence-corrected chi connectivity index (χ2v) is 6.30. The Kier molecular flexibility index (Phi) is 4.54. The molecule has 0 unspecified atom stereocenters. The molecule has 3 rings (SSSR count). The van der Waals surface area contributed by atoms with Crippen LogP contribution in [0.25, 0.3) is 5.69 Å². The molecule has 3 aromatic rings. The van der Waals surface area contributed by atoms with Gasteiger partial charge in [-0.05, 0) is 23.8 Å². The normalized spacial score (nSPS) is 10.8. The molecular formula is C16H12Cl2N2S. The number of thioether (sulfide) groups is 1. The lowest BCUT2D eigenvalue weighted by molar-refractivity contribution is 0.877. The van der Waals surface area contributed by atoms with Crippen molar-refractivity contribution in [1.29, 1.82) is 0 Å². The number of nitrogens with zero attached hydrogens (tertiary/aromatic N) is 2. The maximum Gasteiger partial charge on any atom is 0.0858 e. The highest BCUT2D eigenvalue weighted by Gasteiger charge is 2.10. The van der Waals surface area contributed by atoms with Crippen LogP contribution in [0.3, 0.4) is 0 Å². The number of halogens is 2. The van der Waals surface area contributed by atoms with Gasteiger partial charge in [-0.2, -0.15) is 5.10 Å². The zero-order chi connectivity index (χ0) is 14.7. The van der Waals surface area contributed by atoms with Crippen LogP contribution in [0.2, 0.25) is 10.0 Å². The molecule has 0 spiro atoms. The molecule has 0 saturated carbocycles. The van der Waals surface area contributed by atoms with E-state index in [9.17, 15) is 0 Å². The molecule has 2 aromatic carbocycles. The summed E-state index contributed by atoms with van der Waals surface area (Å²) in [4.78, 5) is 1.07. The smallest absolute Gasteiger partial charge is 0.0858 e. The summed E-state index contributed by atoms with van der Waals surface area (Å²) >= 11 is 14.2. The van der Waals surface area contributed by atoms with E-state index in [0.717, 1.165) is 16.3 Å². The van der Waals surface area contributed by atoms with Gasteiger partial charge in [-0.1, -0.05) is 53.5 Å². The number of hydrogen-bond donors (Lipinski definition) is 0. The van der Waals surface area contributed by atoms with E-state index in [0.29, 0.717) is 10.0 Å². The molecule has 0 amide bonds. The molecule has 0 atom stereocenters. The molecular weight excluding hydrogens is 323 g/mol. The van der Waals surface area contributed by atoms with Crippen molar-refractivity contribution in [2.75, 3.05) is 0 Å². The van der Waals surface area contributed by atoms with Gasteiger partial charge < -0.3 is 0 Å². The lowest BCUT2D eigenvalue weighted by Crippen LogP contribution is -1.96. The Morgan fingerprint density at radius 3 is 2.57 bits per heavy atom. The third-order valence-electron chi connectivity index (χ3n) is 2.98. The first-order valence-electron chi connectivity index (χ1n) is 6.40. The van der Waals surface area contributed by atoms with Crippen molar-refractivity contribution in [3.63, 3.8) is 0 Å². The summed E-state index contributed by atoms with van der Waals surface area (Å²) in [5.74, 6) is 0.886. The molecule has 0 N–H and O–H groups in total. The van der Waals surface area contributed by atoms with Crippen molar-refractivity contribution in [3.05, 3.63) is 76.5 Å². The van der Waals surface area contributed by atoms with E-state index >= 15 is 0 Å². The van der Waals surface area contributed by atoms with Crippen LogP contribution in [0.4, 0.5) is 0 Å². The minimum Gasteiger partial charge on any atom is -0.239 e. The van der Waals surface area contributed by atoms with Gasteiger partial charge in [0.1, 0.15) is 0 Å². The van der Waals surface area contributed by atoms with E-state index in [2.05, 4.69) is 17.2 Å². The van der Waals surface area contributed by atoms with E-state index in [4.69, 9.17) is 23.2 Å². The van der Waals surface area contributed by atoms with E-state index in [-0.39, 0.29) is 0 Å². The van der Waals surface area contributed by atoms with Gasteiger partial charge in [0.05, 0.1) is 15.7 Å². The molecule has 2 nitrogen and oxygen atoms in total. The quantitative estimate of drug-likeness (QED) is 0.588. The predicted molar refractivity (Wildman–Crippen MR) is 89.6 cm³/mol. The summed E-state index contributed by atoms with van der Waals surface area (Å²) in [6.45, 7) is 0. The first-order valence-corrected chi connectivity index (χ1v) is 8.14. The highest BCUT2D eigenvalue weighted by atomic mass is 35.5. The van der Waals surface area contributed by atoms with E-state index in [1.807, 2.05) is 42.6 Å². The molecule has 0 saturated heterocycles. The Hall–Kier alpha value is -1.42. The fourth-order valence-corrected chi connectivity index (χ4v) is 3.35.